The van der Waals surface area contributed by atoms with E-state index >= 15 is 0 Å². The monoisotopic (exact) mass is 213 g/mol. The Kier molecular flexibility index (Phi) is 1.71. The van der Waals surface area contributed by atoms with Crippen LogP contribution >= 0.6 is 0 Å². The van der Waals surface area contributed by atoms with E-state index < -0.39 is 9.84 Å². The molecule has 0 atom stereocenters. The lowest BCUT2D eigenvalue weighted by molar-refractivity contribution is 0.315. The van der Waals surface area contributed by atoms with Crippen LogP contribution in [0.5, 0.6) is 0 Å². The number of nitrogen functional groups attached to an aromatic ring is 1. The molecule has 0 saturated heterocycles. The van der Waals surface area contributed by atoms with E-state index in [1.165, 1.54) is 12.1 Å². The van der Waals surface area contributed by atoms with Crippen molar-refractivity contribution in [3.8, 4) is 0 Å². The lowest BCUT2D eigenvalue weighted by atomic mass is 10.3. The van der Waals surface area contributed by atoms with E-state index in [2.05, 4.69) is 14.9 Å². The third-order valence-electron chi connectivity index (χ3n) is 1.81. The van der Waals surface area contributed by atoms with Crippen LogP contribution in [-0.2, 0) is 9.84 Å². The van der Waals surface area contributed by atoms with Crippen molar-refractivity contribution in [1.82, 2.24) is 10.3 Å². The van der Waals surface area contributed by atoms with Gasteiger partial charge in [0.25, 0.3) is 0 Å². The number of nitrogens with two attached hydrogens (primary N) is 1. The van der Waals surface area contributed by atoms with Crippen molar-refractivity contribution < 1.29 is 13.0 Å². The van der Waals surface area contributed by atoms with E-state index in [0.29, 0.717) is 5.69 Å². The molecule has 7 heteroatoms. The number of benzene rings is 1. The highest BCUT2D eigenvalue weighted by atomic mass is 32.2. The van der Waals surface area contributed by atoms with Gasteiger partial charge < -0.3 is 5.73 Å². The van der Waals surface area contributed by atoms with Crippen molar-refractivity contribution in [2.75, 3.05) is 12.0 Å². The van der Waals surface area contributed by atoms with Crippen LogP contribution in [0, 0.1) is 0 Å². The highest BCUT2D eigenvalue weighted by Gasteiger charge is 2.17. The molecule has 0 spiro atoms. The summed E-state index contributed by atoms with van der Waals surface area (Å²) in [7, 11) is -3.33. The van der Waals surface area contributed by atoms with Crippen LogP contribution in [0.4, 0.5) is 5.69 Å². The summed E-state index contributed by atoms with van der Waals surface area (Å²) < 4.78 is 27.0. The average molecular weight is 213 g/mol. The van der Waals surface area contributed by atoms with Gasteiger partial charge in [-0.15, -0.1) is 0 Å². The summed E-state index contributed by atoms with van der Waals surface area (Å²) in [6, 6.07) is 2.85. The number of sulfone groups is 1. The van der Waals surface area contributed by atoms with Crippen molar-refractivity contribution in [3.05, 3.63) is 12.1 Å². The first kappa shape index (κ1) is 8.95. The minimum Gasteiger partial charge on any atom is -0.397 e. The molecule has 6 nitrogen and oxygen atoms in total. The highest BCUT2D eigenvalue weighted by molar-refractivity contribution is 7.91. The van der Waals surface area contributed by atoms with E-state index in [-0.39, 0.29) is 15.9 Å². The van der Waals surface area contributed by atoms with Gasteiger partial charge in [-0.1, -0.05) is 0 Å². The Morgan fingerprint density at radius 1 is 1.29 bits per heavy atom. The van der Waals surface area contributed by atoms with E-state index in [0.717, 1.165) is 6.26 Å². The maximum absolute atomic E-state index is 11.3. The number of hydrogen-bond donors (Lipinski definition) is 1. The Bertz CT molecular complexity index is 587. The molecule has 2 rings (SSSR count). The molecule has 0 aliphatic rings. The van der Waals surface area contributed by atoms with E-state index in [1.54, 1.807) is 0 Å². The molecule has 2 N–H and O–H groups in total. The van der Waals surface area contributed by atoms with Crippen LogP contribution in [0.15, 0.2) is 21.7 Å². The fourth-order valence-corrected chi connectivity index (χ4v) is 1.96. The molecule has 0 unspecified atom stereocenters. The fourth-order valence-electron chi connectivity index (χ4n) is 1.16. The summed E-state index contributed by atoms with van der Waals surface area (Å²) >= 11 is 0. The lowest BCUT2D eigenvalue weighted by Gasteiger charge is -1.98. The standard InChI is InChI=1S/C7H7N3O3S/c1-14(11,12)5-3-2-4(8)6-7(5)10-13-9-6/h2-3H,8H2,1H3. The minimum atomic E-state index is -3.33. The number of rotatable bonds is 1. The van der Waals surface area contributed by atoms with Gasteiger partial charge in [-0.05, 0) is 22.4 Å². The predicted molar refractivity (Wildman–Crippen MR) is 49.3 cm³/mol. The van der Waals surface area contributed by atoms with Crippen LogP contribution in [0.1, 0.15) is 0 Å². The van der Waals surface area contributed by atoms with Crippen LogP contribution < -0.4 is 5.73 Å². The Morgan fingerprint density at radius 3 is 2.57 bits per heavy atom. The maximum Gasteiger partial charge on any atom is 0.177 e. The molecule has 1 heterocycles. The molecule has 0 saturated carbocycles. The van der Waals surface area contributed by atoms with Crippen LogP contribution in [0.2, 0.25) is 0 Å². The largest absolute Gasteiger partial charge is 0.397 e. The number of hydrogen-bond acceptors (Lipinski definition) is 6. The summed E-state index contributed by atoms with van der Waals surface area (Å²) in [5.41, 5.74) is 6.34. The molecule has 2 aromatic rings. The molecular formula is C7H7N3O3S. The van der Waals surface area contributed by atoms with Gasteiger partial charge in [-0.2, -0.15) is 0 Å². The van der Waals surface area contributed by atoms with Crippen LogP contribution in [0.25, 0.3) is 11.0 Å². The summed E-state index contributed by atoms with van der Waals surface area (Å²) in [5.74, 6) is 0. The van der Waals surface area contributed by atoms with Crippen LogP contribution in [0.3, 0.4) is 0 Å². The lowest BCUT2D eigenvalue weighted by Crippen LogP contribution is -1.99. The molecule has 1 aromatic carbocycles. The Hall–Kier alpha value is -1.63. The second-order valence-electron chi connectivity index (χ2n) is 2.89. The van der Waals surface area contributed by atoms with Gasteiger partial charge in [0.05, 0.1) is 10.6 Å². The normalized spacial score (nSPS) is 12.1. The third-order valence-corrected chi connectivity index (χ3v) is 2.94. The van der Waals surface area contributed by atoms with E-state index in [9.17, 15) is 8.42 Å². The maximum atomic E-state index is 11.3. The smallest absolute Gasteiger partial charge is 0.177 e. The number of fused-ring (bicyclic) bond motifs is 1. The Morgan fingerprint density at radius 2 is 1.93 bits per heavy atom. The minimum absolute atomic E-state index is 0.0722. The zero-order valence-electron chi connectivity index (χ0n) is 7.26. The first-order valence-electron chi connectivity index (χ1n) is 3.71. The molecule has 14 heavy (non-hydrogen) atoms. The van der Waals surface area contributed by atoms with Crippen molar-refractivity contribution in [3.63, 3.8) is 0 Å². The number of aromatic nitrogens is 2. The van der Waals surface area contributed by atoms with E-state index in [1.807, 2.05) is 0 Å². The SMILES string of the molecule is CS(=O)(=O)c1ccc(N)c2nonc12. The molecule has 1 aromatic heterocycles. The second kappa shape index (κ2) is 2.68. The van der Waals surface area contributed by atoms with Gasteiger partial charge >= 0.3 is 0 Å². The van der Waals surface area contributed by atoms with Crippen molar-refractivity contribution in [2.24, 2.45) is 0 Å². The van der Waals surface area contributed by atoms with Crippen molar-refractivity contribution >= 4 is 26.6 Å². The zero-order valence-corrected chi connectivity index (χ0v) is 8.08. The Balaban J connectivity index is 2.93. The first-order chi connectivity index (χ1) is 6.50. The van der Waals surface area contributed by atoms with Crippen molar-refractivity contribution in [1.29, 1.82) is 0 Å². The highest BCUT2D eigenvalue weighted by Crippen LogP contribution is 2.24. The summed E-state index contributed by atoms with van der Waals surface area (Å²) in [4.78, 5) is 0.0722. The quantitative estimate of drug-likeness (QED) is 0.680. The van der Waals surface area contributed by atoms with Gasteiger partial charge in [0.1, 0.15) is 0 Å². The van der Waals surface area contributed by atoms with E-state index in [4.69, 9.17) is 5.73 Å². The van der Waals surface area contributed by atoms with Crippen LogP contribution in [-0.4, -0.2) is 25.0 Å². The summed E-state index contributed by atoms with van der Waals surface area (Å²) in [6.45, 7) is 0. The number of nitrogens with zero attached hydrogens (tertiary/aromatic N) is 2. The molecule has 0 aliphatic carbocycles. The molecular weight excluding hydrogens is 206 g/mol. The predicted octanol–water partition coefficient (Wildman–Crippen LogP) is 0.209. The van der Waals surface area contributed by atoms with Gasteiger partial charge in [0.2, 0.25) is 0 Å². The third kappa shape index (κ3) is 1.22. The summed E-state index contributed by atoms with van der Waals surface area (Å²) in [6.07, 6.45) is 1.09. The average Bonchev–Trinajstić information content (AvgIpc) is 2.50. The molecule has 74 valence electrons. The van der Waals surface area contributed by atoms with Crippen molar-refractivity contribution in [2.45, 2.75) is 4.90 Å². The van der Waals surface area contributed by atoms with Gasteiger partial charge in [-0.25, -0.2) is 13.0 Å². The molecule has 0 amide bonds. The topological polar surface area (TPSA) is 99.1 Å². The second-order valence-corrected chi connectivity index (χ2v) is 4.87. The molecule has 0 bridgehead atoms. The molecule has 0 fully saturated rings. The summed E-state index contributed by atoms with van der Waals surface area (Å²) in [5, 5.41) is 7.02. The fraction of sp³-hybridized carbons (Fsp3) is 0.143. The van der Waals surface area contributed by atoms with Gasteiger partial charge in [0, 0.05) is 6.26 Å². The first-order valence-corrected chi connectivity index (χ1v) is 5.60. The Labute approximate surface area is 79.6 Å². The van der Waals surface area contributed by atoms with Gasteiger partial charge in [0.15, 0.2) is 20.9 Å². The zero-order chi connectivity index (χ0) is 10.3. The number of anilines is 1. The van der Waals surface area contributed by atoms with Gasteiger partial charge in [-0.3, -0.25) is 0 Å². The molecule has 0 aliphatic heterocycles. The molecule has 0 radical (unpaired) electrons.